The Kier molecular flexibility index (Phi) is 4.52. The van der Waals surface area contributed by atoms with Gasteiger partial charge >= 0.3 is 0 Å². The average Bonchev–Trinajstić information content (AvgIpc) is 2.46. The number of amides is 1. The molecule has 1 aromatic carbocycles. The monoisotopic (exact) mass is 262 g/mol. The summed E-state index contributed by atoms with van der Waals surface area (Å²) < 4.78 is 4.96. The number of nitrogens with zero attached hydrogens (tertiary/aromatic N) is 2. The van der Waals surface area contributed by atoms with Gasteiger partial charge in [0.2, 0.25) is 5.91 Å². The van der Waals surface area contributed by atoms with Crippen molar-refractivity contribution in [3.63, 3.8) is 0 Å². The van der Waals surface area contributed by atoms with Crippen molar-refractivity contribution in [3.8, 4) is 0 Å². The molecular weight excluding hydrogens is 244 g/mol. The number of carbonyl (C=O) groups excluding carboxylic acids is 1. The molecule has 1 amide bonds. The van der Waals surface area contributed by atoms with E-state index in [2.05, 4.69) is 5.16 Å². The Morgan fingerprint density at radius 3 is 3.00 bits per heavy atom. The first-order chi connectivity index (χ1) is 9.27. The van der Waals surface area contributed by atoms with Crippen molar-refractivity contribution in [1.82, 2.24) is 0 Å². The summed E-state index contributed by atoms with van der Waals surface area (Å²) in [7, 11) is 1.63. The van der Waals surface area contributed by atoms with Gasteiger partial charge < -0.3 is 14.8 Å². The molecule has 0 radical (unpaired) electrons. The standard InChI is InChI=1S/C14H18N2O3/c1-19-10-4-7-14(17)16-9-8-12(15-18)11-5-2-3-6-13(11)16/h2-3,5-6,18H,4,7-10H2,1H3. The summed E-state index contributed by atoms with van der Waals surface area (Å²) >= 11 is 0. The lowest BCUT2D eigenvalue weighted by molar-refractivity contribution is -0.118. The molecule has 0 aromatic heterocycles. The Bertz CT molecular complexity index is 485. The predicted molar refractivity (Wildman–Crippen MR) is 72.8 cm³/mol. The molecule has 0 spiro atoms. The van der Waals surface area contributed by atoms with Crippen LogP contribution in [0.15, 0.2) is 29.4 Å². The van der Waals surface area contributed by atoms with E-state index >= 15 is 0 Å². The first-order valence-electron chi connectivity index (χ1n) is 6.37. The van der Waals surface area contributed by atoms with Crippen LogP contribution in [0, 0.1) is 0 Å². The number of hydrogen-bond acceptors (Lipinski definition) is 4. The largest absolute Gasteiger partial charge is 0.411 e. The topological polar surface area (TPSA) is 62.1 Å². The highest BCUT2D eigenvalue weighted by atomic mass is 16.5. The second-order valence-electron chi connectivity index (χ2n) is 4.46. The second kappa shape index (κ2) is 6.33. The molecule has 0 unspecified atom stereocenters. The van der Waals surface area contributed by atoms with Crippen LogP contribution in [0.5, 0.6) is 0 Å². The van der Waals surface area contributed by atoms with Gasteiger partial charge in [-0.2, -0.15) is 0 Å². The van der Waals surface area contributed by atoms with E-state index in [1.807, 2.05) is 24.3 Å². The lowest BCUT2D eigenvalue weighted by Crippen LogP contribution is -2.37. The van der Waals surface area contributed by atoms with Crippen molar-refractivity contribution in [2.24, 2.45) is 5.16 Å². The Hall–Kier alpha value is -1.88. The van der Waals surface area contributed by atoms with Crippen molar-refractivity contribution < 1.29 is 14.7 Å². The number of rotatable bonds is 4. The van der Waals surface area contributed by atoms with E-state index in [4.69, 9.17) is 9.94 Å². The average molecular weight is 262 g/mol. The lowest BCUT2D eigenvalue weighted by Gasteiger charge is -2.29. The number of oxime groups is 1. The van der Waals surface area contributed by atoms with Gasteiger partial charge in [0.15, 0.2) is 0 Å². The van der Waals surface area contributed by atoms with Crippen LogP contribution in [0.2, 0.25) is 0 Å². The van der Waals surface area contributed by atoms with Crippen molar-refractivity contribution in [2.45, 2.75) is 19.3 Å². The molecule has 1 N–H and O–H groups in total. The molecule has 19 heavy (non-hydrogen) atoms. The van der Waals surface area contributed by atoms with Gasteiger partial charge in [-0.1, -0.05) is 23.4 Å². The van der Waals surface area contributed by atoms with Crippen LogP contribution in [-0.4, -0.2) is 37.1 Å². The summed E-state index contributed by atoms with van der Waals surface area (Å²) in [5.41, 5.74) is 2.29. The molecule has 1 aliphatic rings. The molecular formula is C14H18N2O3. The SMILES string of the molecule is COCCCC(=O)N1CCC(=NO)c2ccccc21. The van der Waals surface area contributed by atoms with Gasteiger partial charge in [0.1, 0.15) is 0 Å². The maximum absolute atomic E-state index is 12.2. The highest BCUT2D eigenvalue weighted by Crippen LogP contribution is 2.27. The number of benzene rings is 1. The number of ether oxygens (including phenoxy) is 1. The molecule has 1 heterocycles. The molecule has 2 rings (SSSR count). The molecule has 5 heteroatoms. The number of fused-ring (bicyclic) bond motifs is 1. The summed E-state index contributed by atoms with van der Waals surface area (Å²) in [6.07, 6.45) is 1.76. The molecule has 0 bridgehead atoms. The zero-order chi connectivity index (χ0) is 13.7. The minimum absolute atomic E-state index is 0.0847. The first kappa shape index (κ1) is 13.5. The number of methoxy groups -OCH3 is 1. The maximum Gasteiger partial charge on any atom is 0.227 e. The minimum atomic E-state index is 0.0847. The lowest BCUT2D eigenvalue weighted by atomic mass is 9.99. The van der Waals surface area contributed by atoms with Gasteiger partial charge in [-0.25, -0.2) is 0 Å². The third-order valence-corrected chi connectivity index (χ3v) is 3.24. The number of hydrogen-bond donors (Lipinski definition) is 1. The van der Waals surface area contributed by atoms with E-state index in [1.54, 1.807) is 12.0 Å². The van der Waals surface area contributed by atoms with Crippen LogP contribution < -0.4 is 4.90 Å². The van der Waals surface area contributed by atoms with E-state index in [-0.39, 0.29) is 5.91 Å². The van der Waals surface area contributed by atoms with Gasteiger partial charge in [0.05, 0.1) is 11.4 Å². The van der Waals surface area contributed by atoms with Gasteiger partial charge in [0.25, 0.3) is 0 Å². The summed E-state index contributed by atoms with van der Waals surface area (Å²) in [5.74, 6) is 0.0847. The molecule has 5 nitrogen and oxygen atoms in total. The van der Waals surface area contributed by atoms with Crippen molar-refractivity contribution >= 4 is 17.3 Å². The Morgan fingerprint density at radius 1 is 1.47 bits per heavy atom. The fourth-order valence-corrected chi connectivity index (χ4v) is 2.29. The Balaban J connectivity index is 2.18. The van der Waals surface area contributed by atoms with Crippen LogP contribution >= 0.6 is 0 Å². The zero-order valence-corrected chi connectivity index (χ0v) is 11.0. The van der Waals surface area contributed by atoms with Crippen LogP contribution in [0.4, 0.5) is 5.69 Å². The quantitative estimate of drug-likeness (QED) is 0.513. The van der Waals surface area contributed by atoms with Crippen LogP contribution in [0.1, 0.15) is 24.8 Å². The molecule has 1 aliphatic heterocycles. The molecule has 1 aromatic rings. The van der Waals surface area contributed by atoms with Gasteiger partial charge in [-0.15, -0.1) is 0 Å². The Labute approximate surface area is 112 Å². The van der Waals surface area contributed by atoms with E-state index in [9.17, 15) is 4.79 Å². The molecule has 102 valence electrons. The molecule has 0 atom stereocenters. The highest BCUT2D eigenvalue weighted by Gasteiger charge is 2.25. The summed E-state index contributed by atoms with van der Waals surface area (Å²) in [5, 5.41) is 12.3. The molecule has 0 fully saturated rings. The Morgan fingerprint density at radius 2 is 2.26 bits per heavy atom. The van der Waals surface area contributed by atoms with E-state index in [1.165, 1.54) is 0 Å². The van der Waals surface area contributed by atoms with Crippen molar-refractivity contribution in [1.29, 1.82) is 0 Å². The molecule has 0 aliphatic carbocycles. The van der Waals surface area contributed by atoms with Crippen molar-refractivity contribution in [3.05, 3.63) is 29.8 Å². The second-order valence-corrected chi connectivity index (χ2v) is 4.46. The predicted octanol–water partition coefficient (Wildman–Crippen LogP) is 2.03. The minimum Gasteiger partial charge on any atom is -0.411 e. The van der Waals surface area contributed by atoms with E-state index in [0.29, 0.717) is 31.7 Å². The zero-order valence-electron chi connectivity index (χ0n) is 11.0. The third kappa shape index (κ3) is 2.93. The van der Waals surface area contributed by atoms with Crippen molar-refractivity contribution in [2.75, 3.05) is 25.2 Å². The van der Waals surface area contributed by atoms with E-state index < -0.39 is 0 Å². The van der Waals surface area contributed by atoms with E-state index in [0.717, 1.165) is 17.7 Å². The van der Waals surface area contributed by atoms with Gasteiger partial charge in [-0.05, 0) is 12.5 Å². The number of para-hydroxylation sites is 1. The molecule has 0 saturated carbocycles. The fourth-order valence-electron chi connectivity index (χ4n) is 2.29. The smallest absolute Gasteiger partial charge is 0.227 e. The maximum atomic E-state index is 12.2. The van der Waals surface area contributed by atoms with Gasteiger partial charge in [0, 0.05) is 38.7 Å². The van der Waals surface area contributed by atoms with Crippen LogP contribution in [-0.2, 0) is 9.53 Å². The van der Waals surface area contributed by atoms with Gasteiger partial charge in [-0.3, -0.25) is 4.79 Å². The fraction of sp³-hybridized carbons (Fsp3) is 0.429. The third-order valence-electron chi connectivity index (χ3n) is 3.24. The van der Waals surface area contributed by atoms with Crippen LogP contribution in [0.25, 0.3) is 0 Å². The number of carbonyl (C=O) groups is 1. The van der Waals surface area contributed by atoms with Crippen LogP contribution in [0.3, 0.4) is 0 Å². The normalized spacial score (nSPS) is 16.5. The summed E-state index contributed by atoms with van der Waals surface area (Å²) in [6.45, 7) is 1.15. The highest BCUT2D eigenvalue weighted by molar-refractivity contribution is 6.11. The number of anilines is 1. The summed E-state index contributed by atoms with van der Waals surface area (Å²) in [4.78, 5) is 14.0. The first-order valence-corrected chi connectivity index (χ1v) is 6.37. The summed E-state index contributed by atoms with van der Waals surface area (Å²) in [6, 6.07) is 7.52. The molecule has 0 saturated heterocycles.